The van der Waals surface area contributed by atoms with Gasteiger partial charge < -0.3 is 9.47 Å². The first kappa shape index (κ1) is 8.07. The van der Waals surface area contributed by atoms with Crippen LogP contribution in [0.5, 0.6) is 5.88 Å². The van der Waals surface area contributed by atoms with Gasteiger partial charge in [0.05, 0.1) is 17.3 Å². The molecule has 12 heavy (non-hydrogen) atoms. The van der Waals surface area contributed by atoms with Crippen LogP contribution in [-0.2, 0) is 4.74 Å². The average Bonchev–Trinajstić information content (AvgIpc) is 2.58. The summed E-state index contributed by atoms with van der Waals surface area (Å²) in [6.07, 6.45) is 1.73. The fraction of sp³-hybridized carbons (Fsp3) is 0.571. The lowest BCUT2D eigenvalue weighted by Gasteiger charge is -2.05. The van der Waals surface area contributed by atoms with Gasteiger partial charge in [0.1, 0.15) is 12.6 Å². The van der Waals surface area contributed by atoms with Crippen LogP contribution >= 0.6 is 15.9 Å². The molecule has 66 valence electrons. The highest BCUT2D eigenvalue weighted by atomic mass is 79.9. The first-order chi connectivity index (χ1) is 5.83. The van der Waals surface area contributed by atoms with Crippen molar-refractivity contribution in [1.82, 2.24) is 9.78 Å². The zero-order valence-electron chi connectivity index (χ0n) is 6.66. The molecule has 0 bridgehead atoms. The van der Waals surface area contributed by atoms with Crippen LogP contribution in [0.3, 0.4) is 0 Å². The average molecular weight is 233 g/mol. The largest absolute Gasteiger partial charge is 0.475 e. The van der Waals surface area contributed by atoms with Crippen LogP contribution in [0.1, 0.15) is 6.04 Å². The summed E-state index contributed by atoms with van der Waals surface area (Å²) in [4.78, 5) is 0. The number of methoxy groups -OCH3 is 1. The minimum absolute atomic E-state index is 0.219. The van der Waals surface area contributed by atoms with Crippen LogP contribution in [-0.4, -0.2) is 30.1 Å². The zero-order chi connectivity index (χ0) is 8.55. The molecule has 0 radical (unpaired) electrons. The van der Waals surface area contributed by atoms with Crippen molar-refractivity contribution in [2.75, 3.05) is 20.3 Å². The number of halogens is 1. The fourth-order valence-electron chi connectivity index (χ4n) is 1.28. The monoisotopic (exact) mass is 232 g/mol. The SMILES string of the molecule is COCC1COc2c(Br)cnn21. The van der Waals surface area contributed by atoms with Gasteiger partial charge in [-0.15, -0.1) is 0 Å². The van der Waals surface area contributed by atoms with Crippen LogP contribution in [0.15, 0.2) is 10.7 Å². The van der Waals surface area contributed by atoms with Crippen molar-refractivity contribution >= 4 is 15.9 Å². The Hall–Kier alpha value is -0.550. The summed E-state index contributed by atoms with van der Waals surface area (Å²) in [5.74, 6) is 0.803. The molecule has 4 nitrogen and oxygen atoms in total. The molecule has 0 amide bonds. The Kier molecular flexibility index (Phi) is 2.06. The summed E-state index contributed by atoms with van der Waals surface area (Å²) in [5, 5.41) is 4.16. The smallest absolute Gasteiger partial charge is 0.227 e. The number of fused-ring (bicyclic) bond motifs is 1. The Balaban J connectivity index is 2.24. The molecule has 2 rings (SSSR count). The van der Waals surface area contributed by atoms with Crippen molar-refractivity contribution in [3.8, 4) is 5.88 Å². The summed E-state index contributed by atoms with van der Waals surface area (Å²) < 4.78 is 13.2. The van der Waals surface area contributed by atoms with Gasteiger partial charge in [0.25, 0.3) is 0 Å². The van der Waals surface area contributed by atoms with Gasteiger partial charge in [-0.05, 0) is 15.9 Å². The number of ether oxygens (including phenoxy) is 2. The lowest BCUT2D eigenvalue weighted by molar-refractivity contribution is 0.145. The standard InChI is InChI=1S/C7H9BrN2O2/c1-11-3-5-4-12-7-6(8)2-9-10(5)7/h2,5H,3-4H2,1H3. The minimum Gasteiger partial charge on any atom is -0.475 e. The van der Waals surface area contributed by atoms with Gasteiger partial charge in [-0.2, -0.15) is 5.10 Å². The van der Waals surface area contributed by atoms with E-state index in [0.717, 1.165) is 10.4 Å². The number of rotatable bonds is 2. The molecule has 0 fully saturated rings. The summed E-state index contributed by atoms with van der Waals surface area (Å²) in [5.41, 5.74) is 0. The third kappa shape index (κ3) is 1.13. The van der Waals surface area contributed by atoms with Crippen LogP contribution in [0, 0.1) is 0 Å². The van der Waals surface area contributed by atoms with Gasteiger partial charge in [0.15, 0.2) is 0 Å². The number of aromatic nitrogens is 2. The first-order valence-electron chi connectivity index (χ1n) is 3.67. The fourth-order valence-corrected chi connectivity index (χ4v) is 1.67. The molecule has 5 heteroatoms. The maximum atomic E-state index is 5.41. The van der Waals surface area contributed by atoms with Crippen LogP contribution in [0.4, 0.5) is 0 Å². The second-order valence-electron chi connectivity index (χ2n) is 2.66. The van der Waals surface area contributed by atoms with E-state index in [-0.39, 0.29) is 6.04 Å². The molecule has 0 aliphatic carbocycles. The molecule has 1 unspecified atom stereocenters. The van der Waals surface area contributed by atoms with Crippen molar-refractivity contribution in [2.24, 2.45) is 0 Å². The van der Waals surface area contributed by atoms with Crippen molar-refractivity contribution < 1.29 is 9.47 Å². The Morgan fingerprint density at radius 3 is 3.50 bits per heavy atom. The van der Waals surface area contributed by atoms with Gasteiger partial charge in [0, 0.05) is 7.11 Å². The second-order valence-corrected chi connectivity index (χ2v) is 3.52. The molecule has 2 heterocycles. The van der Waals surface area contributed by atoms with E-state index in [1.807, 2.05) is 4.68 Å². The molecule has 1 aromatic rings. The molecule has 0 spiro atoms. The van der Waals surface area contributed by atoms with Gasteiger partial charge in [0.2, 0.25) is 5.88 Å². The lowest BCUT2D eigenvalue weighted by atomic mass is 10.4. The van der Waals surface area contributed by atoms with E-state index in [1.54, 1.807) is 13.3 Å². The Labute approximate surface area is 78.6 Å². The summed E-state index contributed by atoms with van der Waals surface area (Å²) in [6.45, 7) is 1.29. The summed E-state index contributed by atoms with van der Waals surface area (Å²) in [7, 11) is 1.68. The second kappa shape index (κ2) is 3.06. The number of nitrogens with zero attached hydrogens (tertiary/aromatic N) is 2. The highest BCUT2D eigenvalue weighted by Gasteiger charge is 2.26. The molecular weight excluding hydrogens is 224 g/mol. The Morgan fingerprint density at radius 1 is 1.92 bits per heavy atom. The highest BCUT2D eigenvalue weighted by molar-refractivity contribution is 9.10. The lowest BCUT2D eigenvalue weighted by Crippen LogP contribution is -2.14. The summed E-state index contributed by atoms with van der Waals surface area (Å²) >= 11 is 3.35. The molecule has 0 N–H and O–H groups in total. The van der Waals surface area contributed by atoms with E-state index in [2.05, 4.69) is 21.0 Å². The molecule has 0 saturated carbocycles. The number of hydrogen-bond donors (Lipinski definition) is 0. The number of hydrogen-bond acceptors (Lipinski definition) is 3. The quantitative estimate of drug-likeness (QED) is 0.770. The third-order valence-electron chi connectivity index (χ3n) is 1.83. The molecule has 0 saturated heterocycles. The van der Waals surface area contributed by atoms with Crippen LogP contribution < -0.4 is 4.74 Å². The van der Waals surface area contributed by atoms with Gasteiger partial charge in [-0.1, -0.05) is 0 Å². The van der Waals surface area contributed by atoms with Crippen molar-refractivity contribution in [3.05, 3.63) is 10.7 Å². The van der Waals surface area contributed by atoms with E-state index in [4.69, 9.17) is 9.47 Å². The van der Waals surface area contributed by atoms with Crippen LogP contribution in [0.2, 0.25) is 0 Å². The van der Waals surface area contributed by atoms with E-state index >= 15 is 0 Å². The molecule has 1 aliphatic rings. The van der Waals surface area contributed by atoms with Gasteiger partial charge >= 0.3 is 0 Å². The maximum absolute atomic E-state index is 5.41. The minimum atomic E-state index is 0.219. The van der Waals surface area contributed by atoms with Gasteiger partial charge in [-0.3, -0.25) is 0 Å². The van der Waals surface area contributed by atoms with Crippen molar-refractivity contribution in [2.45, 2.75) is 6.04 Å². The molecule has 1 aliphatic heterocycles. The molecule has 1 aromatic heterocycles. The Morgan fingerprint density at radius 2 is 2.75 bits per heavy atom. The van der Waals surface area contributed by atoms with E-state index < -0.39 is 0 Å². The predicted molar refractivity (Wildman–Crippen MR) is 46.3 cm³/mol. The van der Waals surface area contributed by atoms with Crippen molar-refractivity contribution in [1.29, 1.82) is 0 Å². The van der Waals surface area contributed by atoms with Crippen LogP contribution in [0.25, 0.3) is 0 Å². The summed E-state index contributed by atoms with van der Waals surface area (Å²) in [6, 6.07) is 0.219. The van der Waals surface area contributed by atoms with Crippen molar-refractivity contribution in [3.63, 3.8) is 0 Å². The Bertz CT molecular complexity index is 287. The van der Waals surface area contributed by atoms with E-state index in [1.165, 1.54) is 0 Å². The van der Waals surface area contributed by atoms with E-state index in [0.29, 0.717) is 13.2 Å². The van der Waals surface area contributed by atoms with E-state index in [9.17, 15) is 0 Å². The normalized spacial score (nSPS) is 20.7. The highest BCUT2D eigenvalue weighted by Crippen LogP contribution is 2.32. The molecular formula is C7H9BrN2O2. The first-order valence-corrected chi connectivity index (χ1v) is 4.47. The van der Waals surface area contributed by atoms with Gasteiger partial charge in [-0.25, -0.2) is 4.68 Å². The molecule has 0 aromatic carbocycles. The maximum Gasteiger partial charge on any atom is 0.227 e. The topological polar surface area (TPSA) is 36.3 Å². The predicted octanol–water partition coefficient (Wildman–Crippen LogP) is 1.23. The zero-order valence-corrected chi connectivity index (χ0v) is 8.24. The molecule has 1 atom stereocenters. The third-order valence-corrected chi connectivity index (χ3v) is 2.37.